The van der Waals surface area contributed by atoms with E-state index in [-0.39, 0.29) is 18.0 Å². The van der Waals surface area contributed by atoms with Gasteiger partial charge < -0.3 is 15.0 Å². The molecule has 0 radical (unpaired) electrons. The molecule has 4 aliphatic rings. The van der Waals surface area contributed by atoms with Gasteiger partial charge in [-0.25, -0.2) is 4.79 Å². The molecular formula is C23H34N3O3+. The molecule has 0 aliphatic carbocycles. The average molecular weight is 401 g/mol. The molecular weight excluding hydrogens is 366 g/mol. The van der Waals surface area contributed by atoms with Crippen LogP contribution in [0.2, 0.25) is 0 Å². The molecule has 0 spiro atoms. The number of esters is 1. The van der Waals surface area contributed by atoms with Crippen molar-refractivity contribution in [2.24, 2.45) is 11.7 Å². The van der Waals surface area contributed by atoms with Gasteiger partial charge in [-0.05, 0) is 38.4 Å². The lowest BCUT2D eigenvalue weighted by atomic mass is 9.82. The van der Waals surface area contributed by atoms with Gasteiger partial charge in [0, 0.05) is 18.8 Å². The van der Waals surface area contributed by atoms with Crippen molar-refractivity contribution < 1.29 is 18.8 Å². The second kappa shape index (κ2) is 8.07. The van der Waals surface area contributed by atoms with Crippen LogP contribution in [0.3, 0.4) is 0 Å². The molecule has 6 nitrogen and oxygen atoms in total. The van der Waals surface area contributed by atoms with Crippen molar-refractivity contribution in [3.63, 3.8) is 0 Å². The van der Waals surface area contributed by atoms with Gasteiger partial charge >= 0.3 is 5.97 Å². The lowest BCUT2D eigenvalue weighted by molar-refractivity contribution is -0.939. The third kappa shape index (κ3) is 3.92. The van der Waals surface area contributed by atoms with Crippen molar-refractivity contribution in [2.75, 3.05) is 39.3 Å². The first-order valence-corrected chi connectivity index (χ1v) is 11.1. The molecule has 4 aliphatic heterocycles. The lowest BCUT2D eigenvalue weighted by Gasteiger charge is -2.52. The molecule has 5 rings (SSSR count). The minimum absolute atomic E-state index is 0.128. The van der Waals surface area contributed by atoms with Crippen LogP contribution < -0.4 is 5.73 Å². The van der Waals surface area contributed by atoms with Crippen LogP contribution in [0.1, 0.15) is 44.6 Å². The van der Waals surface area contributed by atoms with E-state index < -0.39 is 5.54 Å². The summed E-state index contributed by atoms with van der Waals surface area (Å²) in [5, 5.41) is 0. The summed E-state index contributed by atoms with van der Waals surface area (Å²) >= 11 is 0. The summed E-state index contributed by atoms with van der Waals surface area (Å²) in [7, 11) is 0. The fraction of sp³-hybridized carbons (Fsp3) is 0.652. The number of likely N-dealkylation sites (tertiary alicyclic amines) is 1. The average Bonchev–Trinajstić information content (AvgIpc) is 2.74. The molecule has 4 fully saturated rings. The van der Waals surface area contributed by atoms with Gasteiger partial charge in [0.2, 0.25) is 0 Å². The minimum atomic E-state index is -0.776. The largest absolute Gasteiger partial charge is 0.454 e. The molecule has 0 saturated carbocycles. The van der Waals surface area contributed by atoms with Crippen molar-refractivity contribution in [3.05, 3.63) is 35.9 Å². The van der Waals surface area contributed by atoms with Gasteiger partial charge in [-0.15, -0.1) is 0 Å². The number of fused-ring (bicyclic) bond motifs is 3. The second-order valence-corrected chi connectivity index (χ2v) is 9.36. The van der Waals surface area contributed by atoms with Crippen molar-refractivity contribution in [2.45, 2.75) is 50.7 Å². The van der Waals surface area contributed by atoms with Gasteiger partial charge in [0.25, 0.3) is 5.91 Å². The highest BCUT2D eigenvalue weighted by atomic mass is 16.5. The van der Waals surface area contributed by atoms with E-state index in [4.69, 9.17) is 10.5 Å². The normalized spacial score (nSPS) is 31.8. The third-order valence-corrected chi connectivity index (χ3v) is 7.51. The number of carbonyl (C=O) groups excluding carboxylic acids is 2. The van der Waals surface area contributed by atoms with Crippen LogP contribution in [-0.2, 0) is 19.9 Å². The summed E-state index contributed by atoms with van der Waals surface area (Å²) in [6.45, 7) is 6.83. The predicted octanol–water partition coefficient (Wildman–Crippen LogP) is 2.03. The number of quaternary nitrogens is 1. The smallest absolute Gasteiger partial charge is 0.331 e. The Morgan fingerprint density at radius 2 is 1.79 bits per heavy atom. The first kappa shape index (κ1) is 20.4. The molecule has 0 aromatic heterocycles. The molecule has 4 saturated heterocycles. The van der Waals surface area contributed by atoms with E-state index >= 15 is 0 Å². The van der Waals surface area contributed by atoms with Crippen LogP contribution in [0.15, 0.2) is 30.3 Å². The molecule has 4 heterocycles. The number of hydrogen-bond donors (Lipinski definition) is 1. The predicted molar refractivity (Wildman–Crippen MR) is 111 cm³/mol. The maximum Gasteiger partial charge on any atom is 0.331 e. The number of primary amides is 1. The standard InChI is InChI=1S/C23H33N3O3/c1-23(19-8-4-2-5-9-19,25-12-6-3-7-13-25)22(28)29-20-16-26(17-21(24)27)14-10-18(20)11-15-26/h2,4-5,8-9,18,20H,3,6-7,10-17H2,1H3,(H-,24,27)/p+1/t18?,20-,23+,26?/m1/s1. The zero-order valence-electron chi connectivity index (χ0n) is 17.5. The van der Waals surface area contributed by atoms with Crippen LogP contribution in [0.5, 0.6) is 0 Å². The number of nitrogens with zero attached hydrogens (tertiary/aromatic N) is 2. The van der Waals surface area contributed by atoms with E-state index in [1.54, 1.807) is 0 Å². The van der Waals surface area contributed by atoms with Gasteiger partial charge in [-0.1, -0.05) is 36.8 Å². The molecule has 2 bridgehead atoms. The third-order valence-electron chi connectivity index (χ3n) is 7.51. The van der Waals surface area contributed by atoms with Crippen LogP contribution in [-0.4, -0.2) is 66.6 Å². The molecule has 6 heteroatoms. The number of rotatable bonds is 6. The Morgan fingerprint density at radius 3 is 2.41 bits per heavy atom. The maximum absolute atomic E-state index is 13.7. The first-order chi connectivity index (χ1) is 13.9. The van der Waals surface area contributed by atoms with Crippen molar-refractivity contribution in [1.82, 2.24) is 4.90 Å². The first-order valence-electron chi connectivity index (χ1n) is 11.1. The summed E-state index contributed by atoms with van der Waals surface area (Å²) in [5.74, 6) is -0.0207. The highest BCUT2D eigenvalue weighted by molar-refractivity contribution is 5.82. The Labute approximate surface area is 173 Å². The van der Waals surface area contributed by atoms with Gasteiger partial charge in [0.15, 0.2) is 12.6 Å². The van der Waals surface area contributed by atoms with E-state index in [9.17, 15) is 9.59 Å². The van der Waals surface area contributed by atoms with E-state index in [2.05, 4.69) is 4.90 Å². The number of piperidine rings is 4. The topological polar surface area (TPSA) is 72.6 Å². The zero-order chi connectivity index (χ0) is 20.5. The Kier molecular flexibility index (Phi) is 5.67. The van der Waals surface area contributed by atoms with Gasteiger partial charge in [-0.2, -0.15) is 0 Å². The summed E-state index contributed by atoms with van der Waals surface area (Å²) in [5.41, 5.74) is 5.74. The Hall–Kier alpha value is -1.92. The quantitative estimate of drug-likeness (QED) is 0.586. The van der Waals surface area contributed by atoms with Gasteiger partial charge in [-0.3, -0.25) is 9.69 Å². The zero-order valence-corrected chi connectivity index (χ0v) is 17.5. The van der Waals surface area contributed by atoms with Crippen LogP contribution in [0.4, 0.5) is 0 Å². The number of amides is 1. The number of ether oxygens (including phenoxy) is 1. The highest BCUT2D eigenvalue weighted by Gasteiger charge is 2.51. The molecule has 2 N–H and O–H groups in total. The lowest BCUT2D eigenvalue weighted by Crippen LogP contribution is -2.67. The molecule has 2 atom stereocenters. The van der Waals surface area contributed by atoms with E-state index in [0.29, 0.717) is 23.5 Å². The second-order valence-electron chi connectivity index (χ2n) is 9.36. The van der Waals surface area contributed by atoms with E-state index in [1.807, 2.05) is 37.3 Å². The molecule has 1 amide bonds. The highest BCUT2D eigenvalue weighted by Crippen LogP contribution is 2.38. The van der Waals surface area contributed by atoms with Crippen LogP contribution in [0.25, 0.3) is 0 Å². The monoisotopic (exact) mass is 400 g/mol. The summed E-state index contributed by atoms with van der Waals surface area (Å²) in [6, 6.07) is 10.0. The summed E-state index contributed by atoms with van der Waals surface area (Å²) in [6.07, 6.45) is 5.31. The van der Waals surface area contributed by atoms with Gasteiger partial charge in [0.1, 0.15) is 12.1 Å². The molecule has 1 aromatic carbocycles. The number of carbonyl (C=O) groups is 2. The Balaban J connectivity index is 1.56. The summed E-state index contributed by atoms with van der Waals surface area (Å²) < 4.78 is 6.93. The minimum Gasteiger partial charge on any atom is -0.454 e. The molecule has 0 unspecified atom stereocenters. The fourth-order valence-corrected chi connectivity index (χ4v) is 5.69. The Morgan fingerprint density at radius 1 is 1.14 bits per heavy atom. The van der Waals surface area contributed by atoms with E-state index in [0.717, 1.165) is 57.4 Å². The Bertz CT molecular complexity index is 739. The number of nitrogens with two attached hydrogens (primary N) is 1. The maximum atomic E-state index is 13.7. The van der Waals surface area contributed by atoms with Crippen LogP contribution >= 0.6 is 0 Å². The SMILES string of the molecule is C[C@@](C(=O)O[C@@H]1C[N+]2(CC(N)=O)CCC1CC2)(c1ccccc1)N1CCCCC1. The van der Waals surface area contributed by atoms with Crippen LogP contribution in [0, 0.1) is 5.92 Å². The van der Waals surface area contributed by atoms with Crippen molar-refractivity contribution in [3.8, 4) is 0 Å². The van der Waals surface area contributed by atoms with E-state index in [1.165, 1.54) is 6.42 Å². The van der Waals surface area contributed by atoms with Gasteiger partial charge in [0.05, 0.1) is 13.1 Å². The number of hydrogen-bond acceptors (Lipinski definition) is 4. The number of benzene rings is 1. The molecule has 29 heavy (non-hydrogen) atoms. The van der Waals surface area contributed by atoms with Crippen molar-refractivity contribution in [1.29, 1.82) is 0 Å². The molecule has 1 aromatic rings. The van der Waals surface area contributed by atoms with Crippen molar-refractivity contribution >= 4 is 11.9 Å². The fourth-order valence-electron chi connectivity index (χ4n) is 5.69. The summed E-state index contributed by atoms with van der Waals surface area (Å²) in [4.78, 5) is 27.6. The molecule has 158 valence electrons.